The molecule has 0 aliphatic carbocycles. The summed E-state index contributed by atoms with van der Waals surface area (Å²) in [7, 11) is 0. The molecule has 1 unspecified atom stereocenters. The summed E-state index contributed by atoms with van der Waals surface area (Å²) in [5.41, 5.74) is 0.431. The molecule has 2 rings (SSSR count). The van der Waals surface area contributed by atoms with Gasteiger partial charge in [0.15, 0.2) is 0 Å². The predicted molar refractivity (Wildman–Crippen MR) is 78.0 cm³/mol. The third-order valence-corrected chi connectivity index (χ3v) is 5.08. The van der Waals surface area contributed by atoms with Crippen molar-refractivity contribution in [1.82, 2.24) is 15.6 Å². The largest absolute Gasteiger partial charge is 0.316 e. The third-order valence-electron chi connectivity index (χ3n) is 3.98. The van der Waals surface area contributed by atoms with Crippen LogP contribution >= 0.6 is 11.3 Å². The van der Waals surface area contributed by atoms with Crippen molar-refractivity contribution in [2.45, 2.75) is 45.6 Å². The molecule has 1 aliphatic rings. The average molecular weight is 267 g/mol. The highest BCUT2D eigenvalue weighted by Gasteiger charge is 2.35. The van der Waals surface area contributed by atoms with Gasteiger partial charge in [0.05, 0.1) is 5.54 Å². The molecule has 0 aromatic carbocycles. The van der Waals surface area contributed by atoms with E-state index in [0.717, 1.165) is 13.1 Å². The molecule has 4 heteroatoms. The van der Waals surface area contributed by atoms with Crippen molar-refractivity contribution in [3.8, 4) is 0 Å². The number of nitrogens with one attached hydrogen (secondary N) is 2. The average Bonchev–Trinajstić information content (AvgIpc) is 2.99. The molecule has 1 fully saturated rings. The summed E-state index contributed by atoms with van der Waals surface area (Å²) in [6.45, 7) is 10.1. The van der Waals surface area contributed by atoms with Gasteiger partial charge in [-0.05, 0) is 38.6 Å². The quantitative estimate of drug-likeness (QED) is 0.832. The topological polar surface area (TPSA) is 37.0 Å². The molecular formula is C14H25N3S. The van der Waals surface area contributed by atoms with Crippen LogP contribution in [-0.2, 0) is 5.54 Å². The Labute approximate surface area is 114 Å². The maximum Gasteiger partial charge on any atom is 0.112 e. The molecule has 0 bridgehead atoms. The van der Waals surface area contributed by atoms with Crippen molar-refractivity contribution in [3.05, 3.63) is 16.6 Å². The van der Waals surface area contributed by atoms with E-state index in [4.69, 9.17) is 0 Å². The Balaban J connectivity index is 1.97. The molecule has 0 spiro atoms. The monoisotopic (exact) mass is 267 g/mol. The maximum atomic E-state index is 4.44. The zero-order valence-corrected chi connectivity index (χ0v) is 12.6. The van der Waals surface area contributed by atoms with E-state index in [2.05, 4.69) is 41.8 Å². The first-order valence-electron chi connectivity index (χ1n) is 6.94. The van der Waals surface area contributed by atoms with Gasteiger partial charge in [0.25, 0.3) is 0 Å². The van der Waals surface area contributed by atoms with Gasteiger partial charge < -0.3 is 10.6 Å². The summed E-state index contributed by atoms with van der Waals surface area (Å²) in [6.07, 6.45) is 5.76. The molecule has 3 nitrogen and oxygen atoms in total. The van der Waals surface area contributed by atoms with E-state index < -0.39 is 0 Å². The first-order valence-corrected chi connectivity index (χ1v) is 7.82. The van der Waals surface area contributed by atoms with Crippen molar-refractivity contribution in [2.24, 2.45) is 5.41 Å². The number of aromatic nitrogens is 1. The van der Waals surface area contributed by atoms with Gasteiger partial charge in [-0.3, -0.25) is 0 Å². The highest BCUT2D eigenvalue weighted by molar-refractivity contribution is 7.09. The zero-order valence-electron chi connectivity index (χ0n) is 11.8. The van der Waals surface area contributed by atoms with Crippen molar-refractivity contribution in [2.75, 3.05) is 19.6 Å². The number of nitrogens with zero attached hydrogens (tertiary/aromatic N) is 1. The second kappa shape index (κ2) is 5.68. The molecule has 0 amide bonds. The van der Waals surface area contributed by atoms with Crippen LogP contribution in [0.2, 0.25) is 0 Å². The normalized spacial score (nSPS) is 24.6. The SMILES string of the molecule is CCCC1(CNC(C)(C)c2nccs2)CCNC1. The van der Waals surface area contributed by atoms with Crippen LogP contribution in [0.3, 0.4) is 0 Å². The molecular weight excluding hydrogens is 242 g/mol. The Morgan fingerprint density at radius 3 is 2.94 bits per heavy atom. The van der Waals surface area contributed by atoms with E-state index in [1.165, 1.54) is 30.8 Å². The van der Waals surface area contributed by atoms with Crippen LogP contribution in [-0.4, -0.2) is 24.6 Å². The van der Waals surface area contributed by atoms with Crippen LogP contribution in [0, 0.1) is 5.41 Å². The molecule has 1 atom stereocenters. The van der Waals surface area contributed by atoms with Crippen molar-refractivity contribution in [3.63, 3.8) is 0 Å². The minimum absolute atomic E-state index is 0.0164. The third kappa shape index (κ3) is 3.11. The van der Waals surface area contributed by atoms with Crippen LogP contribution < -0.4 is 10.6 Å². The minimum Gasteiger partial charge on any atom is -0.316 e. The van der Waals surface area contributed by atoms with E-state index in [1.807, 2.05) is 6.20 Å². The lowest BCUT2D eigenvalue weighted by Gasteiger charge is -2.33. The van der Waals surface area contributed by atoms with E-state index in [-0.39, 0.29) is 5.54 Å². The lowest BCUT2D eigenvalue weighted by Crippen LogP contribution is -2.45. The number of thiazole rings is 1. The Hall–Kier alpha value is -0.450. The highest BCUT2D eigenvalue weighted by atomic mass is 32.1. The molecule has 1 aromatic heterocycles. The van der Waals surface area contributed by atoms with E-state index in [9.17, 15) is 0 Å². The van der Waals surface area contributed by atoms with Gasteiger partial charge >= 0.3 is 0 Å². The van der Waals surface area contributed by atoms with Gasteiger partial charge in [0.2, 0.25) is 0 Å². The molecule has 1 aromatic rings. The van der Waals surface area contributed by atoms with Crippen molar-refractivity contribution < 1.29 is 0 Å². The van der Waals surface area contributed by atoms with Crippen LogP contribution in [0.5, 0.6) is 0 Å². The van der Waals surface area contributed by atoms with Crippen molar-refractivity contribution in [1.29, 1.82) is 0 Å². The van der Waals surface area contributed by atoms with Gasteiger partial charge in [0.1, 0.15) is 5.01 Å². The smallest absolute Gasteiger partial charge is 0.112 e. The van der Waals surface area contributed by atoms with E-state index in [1.54, 1.807) is 11.3 Å². The molecule has 1 aliphatic heterocycles. The summed E-state index contributed by atoms with van der Waals surface area (Å²) < 4.78 is 0. The first-order chi connectivity index (χ1) is 8.58. The predicted octanol–water partition coefficient (Wildman–Crippen LogP) is 2.75. The summed E-state index contributed by atoms with van der Waals surface area (Å²) in [4.78, 5) is 4.44. The fourth-order valence-electron chi connectivity index (χ4n) is 2.79. The van der Waals surface area contributed by atoms with Crippen LogP contribution in [0.25, 0.3) is 0 Å². The van der Waals surface area contributed by atoms with Gasteiger partial charge in [-0.1, -0.05) is 13.3 Å². The first kappa shape index (κ1) is 14.0. The fraction of sp³-hybridized carbons (Fsp3) is 0.786. The minimum atomic E-state index is -0.0164. The summed E-state index contributed by atoms with van der Waals surface area (Å²) in [6, 6.07) is 0. The molecule has 0 saturated carbocycles. The fourth-order valence-corrected chi connectivity index (χ4v) is 3.53. The second-order valence-corrected chi connectivity index (χ2v) is 6.89. The Morgan fingerprint density at radius 1 is 1.56 bits per heavy atom. The van der Waals surface area contributed by atoms with Gasteiger partial charge in [-0.15, -0.1) is 11.3 Å². The molecule has 1 saturated heterocycles. The van der Waals surface area contributed by atoms with Gasteiger partial charge in [0, 0.05) is 24.7 Å². The Bertz CT molecular complexity index is 353. The Morgan fingerprint density at radius 2 is 2.39 bits per heavy atom. The molecule has 18 heavy (non-hydrogen) atoms. The summed E-state index contributed by atoms with van der Waals surface area (Å²) in [5, 5.41) is 10.5. The van der Waals surface area contributed by atoms with E-state index in [0.29, 0.717) is 5.41 Å². The van der Waals surface area contributed by atoms with Crippen LogP contribution in [0.15, 0.2) is 11.6 Å². The summed E-state index contributed by atoms with van der Waals surface area (Å²) in [5.74, 6) is 0. The lowest BCUT2D eigenvalue weighted by atomic mass is 9.82. The molecule has 2 heterocycles. The number of hydrogen-bond donors (Lipinski definition) is 2. The van der Waals surface area contributed by atoms with Crippen LogP contribution in [0.1, 0.15) is 45.0 Å². The standard InChI is InChI=1S/C14H25N3S/c1-4-5-14(6-7-15-10-14)11-17-13(2,3)12-16-8-9-18-12/h8-9,15,17H,4-7,10-11H2,1-3H3. The molecule has 2 N–H and O–H groups in total. The maximum absolute atomic E-state index is 4.44. The summed E-state index contributed by atoms with van der Waals surface area (Å²) >= 11 is 1.74. The number of hydrogen-bond acceptors (Lipinski definition) is 4. The van der Waals surface area contributed by atoms with Crippen molar-refractivity contribution >= 4 is 11.3 Å². The van der Waals surface area contributed by atoms with Gasteiger partial charge in [-0.2, -0.15) is 0 Å². The molecule has 0 radical (unpaired) electrons. The van der Waals surface area contributed by atoms with E-state index >= 15 is 0 Å². The molecule has 102 valence electrons. The number of rotatable bonds is 6. The lowest BCUT2D eigenvalue weighted by molar-refractivity contribution is 0.238. The van der Waals surface area contributed by atoms with Gasteiger partial charge in [-0.25, -0.2) is 4.98 Å². The Kier molecular flexibility index (Phi) is 4.41. The van der Waals surface area contributed by atoms with Crippen LogP contribution in [0.4, 0.5) is 0 Å². The second-order valence-electron chi connectivity index (χ2n) is 5.99. The zero-order chi connectivity index (χ0) is 13.1. The highest BCUT2D eigenvalue weighted by Crippen LogP contribution is 2.32.